The Kier molecular flexibility index (Phi) is 3.31. The molecule has 1 aliphatic heterocycles. The van der Waals surface area contributed by atoms with Crippen LogP contribution in [0.2, 0.25) is 0 Å². The Bertz CT molecular complexity index is 3430. The maximum absolute atomic E-state index is 10.1. The highest BCUT2D eigenvalue weighted by Gasteiger charge is 2.31. The third-order valence-electron chi connectivity index (χ3n) is 9.48. The van der Waals surface area contributed by atoms with Crippen LogP contribution in [0.3, 0.4) is 0 Å². The molecule has 0 aromatic heterocycles. The van der Waals surface area contributed by atoms with Gasteiger partial charge in [-0.3, -0.25) is 0 Å². The largest absolute Gasteiger partial charge is 0.456 e. The van der Waals surface area contributed by atoms with Gasteiger partial charge in [-0.2, -0.15) is 0 Å². The monoisotopic (exact) mass is 605 g/mol. The molecule has 0 unspecified atom stereocenters. The predicted octanol–water partition coefficient (Wildman–Crippen LogP) is 13.1. The Morgan fingerprint density at radius 2 is 1.09 bits per heavy atom. The first kappa shape index (κ1) is 16.9. The highest BCUT2D eigenvalue weighted by molar-refractivity contribution is 6.27. The van der Waals surface area contributed by atoms with Gasteiger partial charge in [0.1, 0.15) is 11.5 Å². The molecule has 0 N–H and O–H groups in total. The molecule has 1 heteroatoms. The molecule has 1 aliphatic carbocycles. The van der Waals surface area contributed by atoms with Crippen molar-refractivity contribution in [3.8, 4) is 67.1 Å². The molecular formula is C46H26O. The highest BCUT2D eigenvalue weighted by Crippen LogP contribution is 2.58. The van der Waals surface area contributed by atoms with Crippen molar-refractivity contribution in [1.82, 2.24) is 0 Å². The molecule has 9 aromatic rings. The average Bonchev–Trinajstić information content (AvgIpc) is 3.57. The van der Waals surface area contributed by atoms with E-state index in [0.29, 0.717) is 5.56 Å². The molecule has 0 amide bonds. The summed E-state index contributed by atoms with van der Waals surface area (Å²) in [6.45, 7) is 0. The first-order valence-electron chi connectivity index (χ1n) is 20.9. The lowest BCUT2D eigenvalue weighted by Crippen LogP contribution is -1.99. The highest BCUT2D eigenvalue weighted by atomic mass is 16.5. The van der Waals surface area contributed by atoms with Gasteiger partial charge in [-0.1, -0.05) is 139 Å². The summed E-state index contributed by atoms with van der Waals surface area (Å²) < 4.78 is 107. The normalized spacial score (nSPS) is 15.7. The van der Waals surface area contributed by atoms with E-state index in [2.05, 4.69) is 30.3 Å². The lowest BCUT2D eigenvalue weighted by atomic mass is 9.82. The molecule has 216 valence electrons. The van der Waals surface area contributed by atoms with Crippen molar-refractivity contribution in [3.63, 3.8) is 0 Å². The van der Waals surface area contributed by atoms with Crippen molar-refractivity contribution in [2.24, 2.45) is 0 Å². The fraction of sp³-hybridized carbons (Fsp3) is 0. The van der Waals surface area contributed by atoms with Gasteiger partial charge in [0.15, 0.2) is 0 Å². The van der Waals surface area contributed by atoms with Crippen LogP contribution in [0.5, 0.6) is 11.5 Å². The minimum Gasteiger partial charge on any atom is -0.456 e. The summed E-state index contributed by atoms with van der Waals surface area (Å²) in [6, 6.07) is 24.9. The third-order valence-corrected chi connectivity index (χ3v) is 9.48. The number of hydrogen-bond acceptors (Lipinski definition) is 1. The number of hydrogen-bond donors (Lipinski definition) is 0. The van der Waals surface area contributed by atoms with E-state index in [9.17, 15) is 6.85 Å². The second kappa shape index (κ2) is 9.19. The van der Waals surface area contributed by atoms with Crippen LogP contribution in [0.15, 0.2) is 157 Å². The summed E-state index contributed by atoms with van der Waals surface area (Å²) in [6.07, 6.45) is 0. The molecule has 0 atom stereocenters. The quantitative estimate of drug-likeness (QED) is 0.178. The van der Waals surface area contributed by atoms with Crippen LogP contribution in [0, 0.1) is 0 Å². The van der Waals surface area contributed by atoms with Crippen LogP contribution in [-0.2, 0) is 0 Å². The van der Waals surface area contributed by atoms with Gasteiger partial charge in [-0.15, -0.1) is 0 Å². The molecule has 0 fully saturated rings. The molecular weight excluding hydrogens is 569 g/mol. The Morgan fingerprint density at radius 1 is 0.383 bits per heavy atom. The number of rotatable bonds is 2. The zero-order valence-corrected chi connectivity index (χ0v) is 24.6. The summed E-state index contributed by atoms with van der Waals surface area (Å²) in [4.78, 5) is 0. The van der Waals surface area contributed by atoms with E-state index >= 15 is 0 Å². The van der Waals surface area contributed by atoms with Crippen molar-refractivity contribution in [1.29, 1.82) is 0 Å². The van der Waals surface area contributed by atoms with Gasteiger partial charge < -0.3 is 4.74 Å². The zero-order chi connectivity index (χ0) is 40.2. The molecule has 0 saturated heterocycles. The topological polar surface area (TPSA) is 9.23 Å². The number of ether oxygens (including phenoxy) is 1. The maximum atomic E-state index is 10.1. The van der Waals surface area contributed by atoms with Crippen molar-refractivity contribution < 1.29 is 19.8 Å². The summed E-state index contributed by atoms with van der Waals surface area (Å²) >= 11 is 0. The summed E-state index contributed by atoms with van der Waals surface area (Å²) in [5, 5.41) is 3.11. The van der Waals surface area contributed by atoms with E-state index in [4.69, 9.17) is 13.0 Å². The summed E-state index contributed by atoms with van der Waals surface area (Å²) in [5.74, 6) is -0.545. The molecule has 1 heterocycles. The third kappa shape index (κ3) is 3.33. The fourth-order valence-corrected chi connectivity index (χ4v) is 7.63. The molecule has 9 aromatic carbocycles. The molecule has 0 saturated carbocycles. The SMILES string of the molecule is [2H]c1c([2H])c(-c2c3c(c(-c4ccccc4)c4ccccc24)-c2cccc4cccc-3c24)c([2H])c2c1Oc1c([2H])c3c([2H])c([2H])c([2H])c([2H])c3c3c([2H])c([2H])c([2H])c-2c13. The lowest BCUT2D eigenvalue weighted by Gasteiger charge is -2.24. The van der Waals surface area contributed by atoms with Gasteiger partial charge in [0.25, 0.3) is 0 Å². The molecule has 0 spiro atoms. The first-order chi connectivity index (χ1) is 27.9. The van der Waals surface area contributed by atoms with E-state index in [0.717, 1.165) is 54.9 Å². The summed E-state index contributed by atoms with van der Waals surface area (Å²) in [5.41, 5.74) is 6.10. The van der Waals surface area contributed by atoms with Crippen LogP contribution < -0.4 is 4.74 Å². The van der Waals surface area contributed by atoms with Gasteiger partial charge in [0, 0.05) is 10.9 Å². The first-order valence-corrected chi connectivity index (χ1v) is 15.4. The smallest absolute Gasteiger partial charge is 0.136 e. The van der Waals surface area contributed by atoms with Gasteiger partial charge in [-0.05, 0) is 106 Å². The fourth-order valence-electron chi connectivity index (χ4n) is 7.63. The Balaban J connectivity index is 1.35. The van der Waals surface area contributed by atoms with Crippen molar-refractivity contribution in [2.45, 2.75) is 0 Å². The minimum atomic E-state index is -0.590. The van der Waals surface area contributed by atoms with Crippen molar-refractivity contribution >= 4 is 43.1 Å². The standard InChI is InChI=1S/C46H26O/c1-2-11-28(12-3-1)42-33-17-6-7-18-34(33)43(46-37-22-9-15-27-14-8-21-36(41(27)37)45(42)46)30-23-24-39-38(25-30)35-20-10-19-32-31-16-5-4-13-29(31)26-40(47-39)44(32)35/h1-26H/i4D,5D,10D,13D,16D,19D,20D,23D,24D,25D,26D. The van der Waals surface area contributed by atoms with E-state index in [1.54, 1.807) is 0 Å². The lowest BCUT2D eigenvalue weighted by molar-refractivity contribution is 0.488. The van der Waals surface area contributed by atoms with Crippen LogP contribution in [0.1, 0.15) is 15.1 Å². The van der Waals surface area contributed by atoms with E-state index in [1.807, 2.05) is 60.7 Å². The van der Waals surface area contributed by atoms with Gasteiger partial charge in [-0.25, -0.2) is 0 Å². The Hall–Kier alpha value is -6.18. The van der Waals surface area contributed by atoms with Crippen molar-refractivity contribution in [3.05, 3.63) is 157 Å². The molecule has 1 nitrogen and oxygen atoms in total. The predicted molar refractivity (Wildman–Crippen MR) is 197 cm³/mol. The second-order valence-electron chi connectivity index (χ2n) is 11.9. The van der Waals surface area contributed by atoms with Gasteiger partial charge in [0.05, 0.1) is 15.1 Å². The molecule has 0 radical (unpaired) electrons. The zero-order valence-electron chi connectivity index (χ0n) is 35.6. The molecule has 0 bridgehead atoms. The van der Waals surface area contributed by atoms with Gasteiger partial charge >= 0.3 is 0 Å². The van der Waals surface area contributed by atoms with Gasteiger partial charge in [0.2, 0.25) is 0 Å². The van der Waals surface area contributed by atoms with E-state index in [-0.39, 0.29) is 61.8 Å². The van der Waals surface area contributed by atoms with Crippen molar-refractivity contribution in [2.75, 3.05) is 0 Å². The minimum absolute atomic E-state index is 0.0238. The van der Waals surface area contributed by atoms with E-state index < -0.39 is 54.4 Å². The molecule has 47 heavy (non-hydrogen) atoms. The van der Waals surface area contributed by atoms with Crippen LogP contribution >= 0.6 is 0 Å². The second-order valence-corrected chi connectivity index (χ2v) is 11.9. The number of benzene rings is 9. The Labute approximate surface area is 287 Å². The maximum Gasteiger partial charge on any atom is 0.136 e. The average molecular weight is 606 g/mol. The molecule has 11 rings (SSSR count). The Morgan fingerprint density at radius 3 is 1.87 bits per heavy atom. The summed E-state index contributed by atoms with van der Waals surface area (Å²) in [7, 11) is 0. The van der Waals surface area contributed by atoms with Crippen LogP contribution in [0.4, 0.5) is 0 Å². The van der Waals surface area contributed by atoms with Crippen LogP contribution in [0.25, 0.3) is 98.7 Å². The van der Waals surface area contributed by atoms with E-state index in [1.165, 1.54) is 0 Å². The molecule has 2 aliphatic rings. The van der Waals surface area contributed by atoms with Crippen LogP contribution in [-0.4, -0.2) is 0 Å². The number of fused-ring (bicyclic) bond motifs is 8.